The van der Waals surface area contributed by atoms with Crippen molar-refractivity contribution >= 4 is 0 Å². The molecule has 2 N–H and O–H groups in total. The van der Waals surface area contributed by atoms with Crippen LogP contribution in [0.2, 0.25) is 0 Å². The highest BCUT2D eigenvalue weighted by Gasteiger charge is 2.45. The molecule has 2 atom stereocenters. The molecule has 2 unspecified atom stereocenters. The molecule has 0 bridgehead atoms. The van der Waals surface area contributed by atoms with Crippen molar-refractivity contribution in [2.75, 3.05) is 27.2 Å². The minimum atomic E-state index is 0.220. The van der Waals surface area contributed by atoms with Crippen LogP contribution in [0.3, 0.4) is 0 Å². The topological polar surface area (TPSA) is 32.5 Å². The Hall–Kier alpha value is -0.120. The van der Waals surface area contributed by atoms with Gasteiger partial charge in [-0.15, -0.1) is 0 Å². The summed E-state index contributed by atoms with van der Waals surface area (Å²) in [5.41, 5.74) is 6.41. The van der Waals surface area contributed by atoms with E-state index in [0.29, 0.717) is 6.04 Å². The van der Waals surface area contributed by atoms with Gasteiger partial charge in [0.25, 0.3) is 0 Å². The molecule has 1 aliphatic heterocycles. The molecular weight excluding hydrogens is 234 g/mol. The van der Waals surface area contributed by atoms with Crippen LogP contribution >= 0.6 is 0 Å². The minimum absolute atomic E-state index is 0.220. The first kappa shape index (κ1) is 15.3. The van der Waals surface area contributed by atoms with Gasteiger partial charge < -0.3 is 10.6 Å². The lowest BCUT2D eigenvalue weighted by Gasteiger charge is -2.45. The second-order valence-electron chi connectivity index (χ2n) is 7.09. The number of hydrogen-bond acceptors (Lipinski definition) is 3. The molecule has 112 valence electrons. The zero-order chi connectivity index (χ0) is 14.0. The molecule has 2 rings (SSSR count). The van der Waals surface area contributed by atoms with Crippen LogP contribution in [0.4, 0.5) is 0 Å². The van der Waals surface area contributed by atoms with Gasteiger partial charge in [-0.3, -0.25) is 4.90 Å². The van der Waals surface area contributed by atoms with Gasteiger partial charge in [-0.2, -0.15) is 0 Å². The van der Waals surface area contributed by atoms with E-state index in [1.165, 1.54) is 38.5 Å². The molecule has 0 spiro atoms. The number of likely N-dealkylation sites (tertiary alicyclic amines) is 1. The maximum Gasteiger partial charge on any atom is 0.0473 e. The van der Waals surface area contributed by atoms with Gasteiger partial charge >= 0.3 is 0 Å². The monoisotopic (exact) mass is 267 g/mol. The Morgan fingerprint density at radius 2 is 1.89 bits per heavy atom. The van der Waals surface area contributed by atoms with Gasteiger partial charge in [0, 0.05) is 30.7 Å². The van der Waals surface area contributed by atoms with Gasteiger partial charge in [0.1, 0.15) is 0 Å². The van der Waals surface area contributed by atoms with Crippen LogP contribution in [-0.2, 0) is 0 Å². The molecule has 0 radical (unpaired) electrons. The second-order valence-corrected chi connectivity index (χ2v) is 7.09. The predicted octanol–water partition coefficient (Wildman–Crippen LogP) is 2.31. The molecule has 1 heterocycles. The van der Waals surface area contributed by atoms with Crippen LogP contribution in [-0.4, -0.2) is 54.6 Å². The Kier molecular flexibility index (Phi) is 4.91. The fourth-order valence-corrected chi connectivity index (χ4v) is 4.27. The number of nitrogens with two attached hydrogens (primary N) is 1. The fourth-order valence-electron chi connectivity index (χ4n) is 4.27. The highest BCUT2D eigenvalue weighted by atomic mass is 15.3. The number of likely N-dealkylation sites (N-methyl/N-ethyl adjacent to an activating group) is 2. The molecule has 1 aliphatic carbocycles. The molecule has 2 fully saturated rings. The van der Waals surface area contributed by atoms with E-state index >= 15 is 0 Å². The van der Waals surface area contributed by atoms with Crippen molar-refractivity contribution in [2.45, 2.75) is 70.0 Å². The van der Waals surface area contributed by atoms with Crippen molar-refractivity contribution < 1.29 is 0 Å². The van der Waals surface area contributed by atoms with Crippen LogP contribution < -0.4 is 5.73 Å². The molecule has 0 aromatic heterocycles. The van der Waals surface area contributed by atoms with Crippen molar-refractivity contribution in [3.05, 3.63) is 0 Å². The van der Waals surface area contributed by atoms with Gasteiger partial charge in [0.15, 0.2) is 0 Å². The summed E-state index contributed by atoms with van der Waals surface area (Å²) in [6.07, 6.45) is 8.15. The molecule has 0 amide bonds. The maximum atomic E-state index is 6.19. The molecular formula is C16H33N3. The standard InChI is InChI=1S/C16H33N3/c1-5-14-6-8-15(9-7-14)19(4)16(11-17)10-13(2)18(3)12-16/h13-15H,5-12,17H2,1-4H3. The molecule has 3 heteroatoms. The molecule has 2 aliphatic rings. The lowest BCUT2D eigenvalue weighted by atomic mass is 9.81. The van der Waals surface area contributed by atoms with Gasteiger partial charge in [-0.25, -0.2) is 0 Å². The van der Waals surface area contributed by atoms with E-state index in [0.717, 1.165) is 25.0 Å². The third kappa shape index (κ3) is 2.98. The van der Waals surface area contributed by atoms with E-state index in [4.69, 9.17) is 5.73 Å². The molecule has 0 aromatic rings. The van der Waals surface area contributed by atoms with Gasteiger partial charge in [-0.1, -0.05) is 13.3 Å². The second kappa shape index (κ2) is 6.11. The first-order chi connectivity index (χ1) is 9.02. The summed E-state index contributed by atoms with van der Waals surface area (Å²) in [4.78, 5) is 5.12. The van der Waals surface area contributed by atoms with Crippen LogP contribution in [0.15, 0.2) is 0 Å². The van der Waals surface area contributed by atoms with Crippen molar-refractivity contribution in [2.24, 2.45) is 11.7 Å². The van der Waals surface area contributed by atoms with Gasteiger partial charge in [0.2, 0.25) is 0 Å². The summed E-state index contributed by atoms with van der Waals surface area (Å²) >= 11 is 0. The Morgan fingerprint density at radius 1 is 1.26 bits per heavy atom. The minimum Gasteiger partial charge on any atom is -0.329 e. The van der Waals surface area contributed by atoms with E-state index < -0.39 is 0 Å². The highest BCUT2D eigenvalue weighted by Crippen LogP contribution is 2.36. The first-order valence-corrected chi connectivity index (χ1v) is 8.15. The Morgan fingerprint density at radius 3 is 2.32 bits per heavy atom. The van der Waals surface area contributed by atoms with Crippen molar-refractivity contribution in [1.82, 2.24) is 9.80 Å². The number of nitrogens with zero attached hydrogens (tertiary/aromatic N) is 2. The summed E-state index contributed by atoms with van der Waals surface area (Å²) in [5, 5.41) is 0. The fraction of sp³-hybridized carbons (Fsp3) is 1.00. The van der Waals surface area contributed by atoms with Crippen LogP contribution in [0.25, 0.3) is 0 Å². The normalized spacial score (nSPS) is 41.1. The largest absolute Gasteiger partial charge is 0.329 e. The lowest BCUT2D eigenvalue weighted by molar-refractivity contribution is 0.0548. The molecule has 19 heavy (non-hydrogen) atoms. The Balaban J connectivity index is 2.00. The molecule has 1 saturated heterocycles. The summed E-state index contributed by atoms with van der Waals surface area (Å²) in [7, 11) is 4.57. The highest BCUT2D eigenvalue weighted by molar-refractivity contribution is 5.03. The summed E-state index contributed by atoms with van der Waals surface area (Å²) in [6, 6.07) is 1.42. The van der Waals surface area contributed by atoms with Crippen LogP contribution in [0.1, 0.15) is 52.4 Å². The lowest BCUT2D eigenvalue weighted by Crippen LogP contribution is -2.57. The summed E-state index contributed by atoms with van der Waals surface area (Å²) in [5.74, 6) is 0.976. The maximum absolute atomic E-state index is 6.19. The van der Waals surface area contributed by atoms with Crippen molar-refractivity contribution in [3.8, 4) is 0 Å². The third-order valence-corrected chi connectivity index (χ3v) is 6.04. The van der Waals surface area contributed by atoms with E-state index in [1.807, 2.05) is 0 Å². The van der Waals surface area contributed by atoms with E-state index in [-0.39, 0.29) is 5.54 Å². The molecule has 3 nitrogen and oxygen atoms in total. The molecule has 1 saturated carbocycles. The smallest absolute Gasteiger partial charge is 0.0473 e. The quantitative estimate of drug-likeness (QED) is 0.848. The SMILES string of the molecule is CCC1CCC(N(C)C2(CN)CC(C)N(C)C2)CC1. The van der Waals surface area contributed by atoms with Crippen molar-refractivity contribution in [1.29, 1.82) is 0 Å². The molecule has 0 aromatic carbocycles. The van der Waals surface area contributed by atoms with E-state index in [2.05, 4.69) is 37.7 Å². The van der Waals surface area contributed by atoms with E-state index in [1.54, 1.807) is 0 Å². The Bertz CT molecular complexity index is 274. The summed E-state index contributed by atoms with van der Waals surface area (Å²) < 4.78 is 0. The number of rotatable bonds is 4. The first-order valence-electron chi connectivity index (χ1n) is 8.15. The average molecular weight is 267 g/mol. The van der Waals surface area contributed by atoms with E-state index in [9.17, 15) is 0 Å². The van der Waals surface area contributed by atoms with Gasteiger partial charge in [-0.05, 0) is 59.0 Å². The third-order valence-electron chi connectivity index (χ3n) is 6.04. The number of hydrogen-bond donors (Lipinski definition) is 1. The van der Waals surface area contributed by atoms with Crippen LogP contribution in [0, 0.1) is 5.92 Å². The Labute approximate surface area is 119 Å². The average Bonchev–Trinajstić information content (AvgIpc) is 2.74. The zero-order valence-corrected chi connectivity index (χ0v) is 13.4. The summed E-state index contributed by atoms with van der Waals surface area (Å²) in [6.45, 7) is 6.60. The zero-order valence-electron chi connectivity index (χ0n) is 13.4. The van der Waals surface area contributed by atoms with Crippen molar-refractivity contribution in [3.63, 3.8) is 0 Å². The van der Waals surface area contributed by atoms with Crippen LogP contribution in [0.5, 0.6) is 0 Å². The predicted molar refractivity (Wildman–Crippen MR) is 82.3 cm³/mol. The van der Waals surface area contributed by atoms with Gasteiger partial charge in [0.05, 0.1) is 0 Å².